The van der Waals surface area contributed by atoms with Crippen LogP contribution in [-0.2, 0) is 0 Å². The fourth-order valence-electron chi connectivity index (χ4n) is 1.20. The van der Waals surface area contributed by atoms with Gasteiger partial charge in [-0.3, -0.25) is 0 Å². The van der Waals surface area contributed by atoms with Gasteiger partial charge >= 0.3 is 0 Å². The molecule has 0 bridgehead atoms. The number of aryl methyl sites for hydroxylation is 1. The average molecular weight is 218 g/mol. The van der Waals surface area contributed by atoms with Crippen molar-refractivity contribution in [1.29, 1.82) is 0 Å². The summed E-state index contributed by atoms with van der Waals surface area (Å²) in [6, 6.07) is 4.71. The zero-order chi connectivity index (χ0) is 10.0. The third-order valence-electron chi connectivity index (χ3n) is 2.06. The number of benzene rings is 1. The molecule has 0 amide bonds. The van der Waals surface area contributed by atoms with Crippen LogP contribution in [0, 0.1) is 6.92 Å². The van der Waals surface area contributed by atoms with E-state index >= 15 is 0 Å². The number of phenolic OH excluding ortho intramolecular Hbond substituents is 1. The van der Waals surface area contributed by atoms with Crippen molar-refractivity contribution in [3.63, 3.8) is 0 Å². The van der Waals surface area contributed by atoms with Crippen molar-refractivity contribution in [1.82, 2.24) is 0 Å². The van der Waals surface area contributed by atoms with Gasteiger partial charge in [0, 0.05) is 5.56 Å². The first kappa shape index (κ1) is 13.2. The topological polar surface area (TPSA) is 66.5 Å². The highest BCUT2D eigenvalue weighted by molar-refractivity contribution is 5.85. The van der Waals surface area contributed by atoms with E-state index in [1.807, 2.05) is 13.0 Å². The molecule has 1 aromatic rings. The second kappa shape index (κ2) is 5.20. The summed E-state index contributed by atoms with van der Waals surface area (Å²) in [4.78, 5) is 0. The van der Waals surface area contributed by atoms with Crippen molar-refractivity contribution >= 4 is 12.4 Å². The van der Waals surface area contributed by atoms with Crippen LogP contribution in [0.4, 0.5) is 0 Å². The maximum Gasteiger partial charge on any atom is 0.120 e. The highest BCUT2D eigenvalue weighted by atomic mass is 35.5. The number of phenols is 1. The van der Waals surface area contributed by atoms with E-state index in [9.17, 15) is 10.2 Å². The van der Waals surface area contributed by atoms with Gasteiger partial charge in [-0.2, -0.15) is 0 Å². The summed E-state index contributed by atoms with van der Waals surface area (Å²) in [5, 5.41) is 18.8. The van der Waals surface area contributed by atoms with Crippen molar-refractivity contribution in [2.45, 2.75) is 26.0 Å². The van der Waals surface area contributed by atoms with Gasteiger partial charge in [-0.15, -0.1) is 12.4 Å². The molecule has 0 heterocycles. The van der Waals surface area contributed by atoms with Gasteiger partial charge in [0.15, 0.2) is 0 Å². The number of aromatic hydroxyl groups is 1. The molecule has 80 valence electrons. The Morgan fingerprint density at radius 3 is 2.36 bits per heavy atom. The van der Waals surface area contributed by atoms with Gasteiger partial charge in [0.05, 0.1) is 12.1 Å². The van der Waals surface area contributed by atoms with Crippen molar-refractivity contribution < 1.29 is 10.2 Å². The van der Waals surface area contributed by atoms with Crippen molar-refractivity contribution in [2.75, 3.05) is 0 Å². The zero-order valence-electron chi connectivity index (χ0n) is 8.27. The zero-order valence-corrected chi connectivity index (χ0v) is 9.08. The summed E-state index contributed by atoms with van der Waals surface area (Å²) < 4.78 is 0. The minimum atomic E-state index is -0.659. The number of aliphatic hydroxyl groups excluding tert-OH is 1. The van der Waals surface area contributed by atoms with E-state index in [0.717, 1.165) is 5.56 Å². The van der Waals surface area contributed by atoms with Crippen LogP contribution in [0.15, 0.2) is 18.2 Å². The summed E-state index contributed by atoms with van der Waals surface area (Å²) in [6.07, 6.45) is -0.659. The second-order valence-electron chi connectivity index (χ2n) is 3.33. The van der Waals surface area contributed by atoms with Crippen LogP contribution >= 0.6 is 12.4 Å². The average Bonchev–Trinajstić information content (AvgIpc) is 2.03. The Kier molecular flexibility index (Phi) is 4.91. The monoisotopic (exact) mass is 217 g/mol. The van der Waals surface area contributed by atoms with Gasteiger partial charge in [0.2, 0.25) is 0 Å². The van der Waals surface area contributed by atoms with Crippen molar-refractivity contribution in [2.24, 2.45) is 5.73 Å². The number of hydrogen-bond acceptors (Lipinski definition) is 3. The first-order chi connectivity index (χ1) is 6.02. The lowest BCUT2D eigenvalue weighted by Gasteiger charge is -2.16. The number of aliphatic hydroxyl groups is 1. The van der Waals surface area contributed by atoms with E-state index in [4.69, 9.17) is 5.73 Å². The summed E-state index contributed by atoms with van der Waals surface area (Å²) in [7, 11) is 0. The molecule has 0 radical (unpaired) electrons. The molecule has 0 aliphatic rings. The van der Waals surface area contributed by atoms with Crippen LogP contribution in [0.25, 0.3) is 0 Å². The molecule has 4 N–H and O–H groups in total. The number of rotatable bonds is 2. The molecular formula is C10H16ClNO2. The molecule has 1 rings (SSSR count). The van der Waals surface area contributed by atoms with Crippen LogP contribution in [0.5, 0.6) is 5.75 Å². The molecule has 0 fully saturated rings. The van der Waals surface area contributed by atoms with E-state index in [-0.39, 0.29) is 18.2 Å². The van der Waals surface area contributed by atoms with Crippen LogP contribution < -0.4 is 5.73 Å². The minimum Gasteiger partial charge on any atom is -0.508 e. The Morgan fingerprint density at radius 2 is 1.93 bits per heavy atom. The molecule has 0 saturated heterocycles. The third-order valence-corrected chi connectivity index (χ3v) is 2.06. The molecular weight excluding hydrogens is 202 g/mol. The third kappa shape index (κ3) is 2.87. The van der Waals surface area contributed by atoms with Gasteiger partial charge in [-0.05, 0) is 25.5 Å². The van der Waals surface area contributed by atoms with Crippen molar-refractivity contribution in [3.8, 4) is 5.75 Å². The Morgan fingerprint density at radius 1 is 1.36 bits per heavy atom. The molecule has 0 saturated carbocycles. The van der Waals surface area contributed by atoms with Crippen LogP contribution in [0.3, 0.4) is 0 Å². The Bertz CT molecular complexity index is 302. The number of hydrogen-bond donors (Lipinski definition) is 3. The lowest BCUT2D eigenvalue weighted by atomic mass is 10.0. The minimum absolute atomic E-state index is 0. The Balaban J connectivity index is 0.00000169. The molecule has 3 nitrogen and oxygen atoms in total. The van der Waals surface area contributed by atoms with Crippen LogP contribution in [-0.4, -0.2) is 16.3 Å². The molecule has 14 heavy (non-hydrogen) atoms. The van der Waals surface area contributed by atoms with E-state index in [1.165, 1.54) is 0 Å². The predicted molar refractivity (Wildman–Crippen MR) is 58.7 cm³/mol. The summed E-state index contributed by atoms with van der Waals surface area (Å²) in [5.74, 6) is 0.147. The van der Waals surface area contributed by atoms with E-state index < -0.39 is 12.1 Å². The fraction of sp³-hybridized carbons (Fsp3) is 0.400. The van der Waals surface area contributed by atoms with Gasteiger partial charge < -0.3 is 15.9 Å². The molecule has 0 aliphatic carbocycles. The first-order valence-corrected chi connectivity index (χ1v) is 4.25. The van der Waals surface area contributed by atoms with Gasteiger partial charge in [0.1, 0.15) is 5.75 Å². The fourth-order valence-corrected chi connectivity index (χ4v) is 1.20. The van der Waals surface area contributed by atoms with Crippen LogP contribution in [0.1, 0.15) is 24.1 Å². The van der Waals surface area contributed by atoms with Crippen LogP contribution in [0.2, 0.25) is 0 Å². The molecule has 0 spiro atoms. The second-order valence-corrected chi connectivity index (χ2v) is 3.33. The quantitative estimate of drug-likeness (QED) is 0.704. The van der Waals surface area contributed by atoms with Gasteiger partial charge in [-0.1, -0.05) is 12.1 Å². The smallest absolute Gasteiger partial charge is 0.120 e. The summed E-state index contributed by atoms with van der Waals surface area (Å²) in [5.41, 5.74) is 7.23. The lowest BCUT2D eigenvalue weighted by molar-refractivity contribution is 0.163. The standard InChI is InChI=1S/C10H15NO2.ClH/c1-6-3-4-8(9(13)5-6)10(11)7(2)12;/h3-5,7,10,12-13H,11H2,1-2H3;1H/t7-,10-;/m1./s1. The molecule has 2 atom stereocenters. The normalized spacial score (nSPS) is 14.3. The molecule has 1 aromatic carbocycles. The summed E-state index contributed by atoms with van der Waals surface area (Å²) in [6.45, 7) is 3.49. The molecule has 0 aliphatic heterocycles. The molecule has 4 heteroatoms. The highest BCUT2D eigenvalue weighted by Crippen LogP contribution is 2.25. The van der Waals surface area contributed by atoms with E-state index in [0.29, 0.717) is 5.56 Å². The molecule has 0 unspecified atom stereocenters. The highest BCUT2D eigenvalue weighted by Gasteiger charge is 2.15. The predicted octanol–water partition coefficient (Wildman–Crippen LogP) is 1.50. The largest absolute Gasteiger partial charge is 0.508 e. The molecule has 0 aromatic heterocycles. The van der Waals surface area contributed by atoms with E-state index in [1.54, 1.807) is 19.1 Å². The lowest BCUT2D eigenvalue weighted by Crippen LogP contribution is -2.23. The van der Waals surface area contributed by atoms with Crippen molar-refractivity contribution in [3.05, 3.63) is 29.3 Å². The van der Waals surface area contributed by atoms with E-state index in [2.05, 4.69) is 0 Å². The van der Waals surface area contributed by atoms with Gasteiger partial charge in [-0.25, -0.2) is 0 Å². The number of nitrogens with two attached hydrogens (primary N) is 1. The first-order valence-electron chi connectivity index (χ1n) is 4.25. The van der Waals surface area contributed by atoms with Gasteiger partial charge in [0.25, 0.3) is 0 Å². The Hall–Kier alpha value is -0.770. The maximum atomic E-state index is 9.52. The summed E-state index contributed by atoms with van der Waals surface area (Å²) >= 11 is 0. The SMILES string of the molecule is Cc1ccc([C@H](N)[C@@H](C)O)c(O)c1.Cl. The number of halogens is 1. The maximum absolute atomic E-state index is 9.52. The Labute approximate surface area is 90.0 Å².